The summed E-state index contributed by atoms with van der Waals surface area (Å²) in [5.41, 5.74) is 0.882. The largest absolute Gasteiger partial charge is 0.481 e. The summed E-state index contributed by atoms with van der Waals surface area (Å²) in [7, 11) is 0. The van der Waals surface area contributed by atoms with Gasteiger partial charge in [0.1, 0.15) is 0 Å². The summed E-state index contributed by atoms with van der Waals surface area (Å²) in [6.07, 6.45) is -0.319. The molecule has 1 N–H and O–H groups in total. The minimum Gasteiger partial charge on any atom is -0.481 e. The first kappa shape index (κ1) is 13.9. The Balaban J connectivity index is 1.90. The molecule has 1 aliphatic rings. The van der Waals surface area contributed by atoms with E-state index in [1.165, 1.54) is 0 Å². The number of aliphatic carboxylic acids is 1. The number of rotatable bonds is 5. The van der Waals surface area contributed by atoms with E-state index in [0.29, 0.717) is 26.2 Å². The van der Waals surface area contributed by atoms with Crippen LogP contribution >= 0.6 is 11.3 Å². The maximum atomic E-state index is 10.6. The fraction of sp³-hybridized carbons (Fsp3) is 0.545. The van der Waals surface area contributed by atoms with Crippen LogP contribution in [0.4, 0.5) is 5.00 Å². The Hall–Kier alpha value is -1.51. The molecule has 0 amide bonds. The average molecular weight is 286 g/mol. The predicted octanol–water partition coefficient (Wildman–Crippen LogP) is 1.33. The number of nitrogens with zero attached hydrogens (tertiary/aromatic N) is 2. The molecule has 8 heteroatoms. The Morgan fingerprint density at radius 1 is 1.68 bits per heavy atom. The number of nitro groups is 1. The highest BCUT2D eigenvalue weighted by Crippen LogP contribution is 2.24. The summed E-state index contributed by atoms with van der Waals surface area (Å²) >= 11 is 1.11. The molecule has 0 spiro atoms. The van der Waals surface area contributed by atoms with Crippen LogP contribution in [0.5, 0.6) is 0 Å². The molecule has 1 saturated heterocycles. The Labute approximate surface area is 113 Å². The quantitative estimate of drug-likeness (QED) is 0.648. The van der Waals surface area contributed by atoms with Crippen LogP contribution in [0.2, 0.25) is 0 Å². The molecular formula is C11H14N2O5S. The van der Waals surface area contributed by atoms with E-state index in [0.717, 1.165) is 16.9 Å². The molecule has 0 aromatic carbocycles. The van der Waals surface area contributed by atoms with E-state index in [-0.39, 0.29) is 17.5 Å². The van der Waals surface area contributed by atoms with Crippen LogP contribution in [0.1, 0.15) is 12.0 Å². The van der Waals surface area contributed by atoms with Crippen molar-refractivity contribution in [2.24, 2.45) is 0 Å². The standard InChI is InChI=1S/C11H14N2O5S/c14-11(15)4-9-6-12(1-2-18-9)5-8-3-10(13(16)17)19-7-8/h3,7,9H,1-2,4-6H2,(H,14,15). The molecule has 1 atom stereocenters. The molecule has 1 aromatic heterocycles. The van der Waals surface area contributed by atoms with E-state index in [9.17, 15) is 14.9 Å². The van der Waals surface area contributed by atoms with E-state index in [4.69, 9.17) is 9.84 Å². The van der Waals surface area contributed by atoms with Crippen molar-refractivity contribution >= 4 is 22.3 Å². The van der Waals surface area contributed by atoms with E-state index in [1.807, 2.05) is 0 Å². The Morgan fingerprint density at radius 3 is 3.11 bits per heavy atom. The fourth-order valence-electron chi connectivity index (χ4n) is 2.04. The van der Waals surface area contributed by atoms with Crippen molar-refractivity contribution in [1.82, 2.24) is 4.90 Å². The van der Waals surface area contributed by atoms with E-state index in [2.05, 4.69) is 4.90 Å². The summed E-state index contributed by atoms with van der Waals surface area (Å²) in [4.78, 5) is 22.9. The monoisotopic (exact) mass is 286 g/mol. The third-order valence-corrected chi connectivity index (χ3v) is 3.78. The van der Waals surface area contributed by atoms with Crippen LogP contribution in [-0.2, 0) is 16.1 Å². The number of thiophene rings is 1. The molecule has 104 valence electrons. The first-order valence-corrected chi connectivity index (χ1v) is 6.70. The van der Waals surface area contributed by atoms with Gasteiger partial charge in [0.15, 0.2) is 0 Å². The van der Waals surface area contributed by atoms with Gasteiger partial charge in [0, 0.05) is 31.1 Å². The maximum Gasteiger partial charge on any atom is 0.324 e. The van der Waals surface area contributed by atoms with Gasteiger partial charge in [-0.3, -0.25) is 19.8 Å². The molecule has 1 fully saturated rings. The molecule has 19 heavy (non-hydrogen) atoms. The van der Waals surface area contributed by atoms with Crippen molar-refractivity contribution in [1.29, 1.82) is 0 Å². The second-order valence-electron chi connectivity index (χ2n) is 4.38. The van der Waals surface area contributed by atoms with E-state index < -0.39 is 10.9 Å². The lowest BCUT2D eigenvalue weighted by atomic mass is 10.2. The van der Waals surface area contributed by atoms with E-state index in [1.54, 1.807) is 11.4 Å². The van der Waals surface area contributed by atoms with Gasteiger partial charge in [0.25, 0.3) is 0 Å². The summed E-state index contributed by atoms with van der Waals surface area (Å²) in [5.74, 6) is -0.877. The third kappa shape index (κ3) is 3.98. The first-order chi connectivity index (χ1) is 9.04. The number of carboxylic acid groups (broad SMARTS) is 1. The molecular weight excluding hydrogens is 272 g/mol. The first-order valence-electron chi connectivity index (χ1n) is 5.82. The zero-order valence-electron chi connectivity index (χ0n) is 10.2. The number of hydrogen-bond acceptors (Lipinski definition) is 6. The number of carbonyl (C=O) groups is 1. The van der Waals surface area contributed by atoms with Crippen molar-refractivity contribution in [2.45, 2.75) is 19.1 Å². The lowest BCUT2D eigenvalue weighted by molar-refractivity contribution is -0.380. The number of ether oxygens (including phenoxy) is 1. The Morgan fingerprint density at radius 2 is 2.47 bits per heavy atom. The fourth-order valence-corrected chi connectivity index (χ4v) is 2.76. The van der Waals surface area contributed by atoms with Gasteiger partial charge in [-0.05, 0) is 5.56 Å². The molecule has 1 aromatic rings. The molecule has 7 nitrogen and oxygen atoms in total. The number of hydrogen-bond donors (Lipinski definition) is 1. The van der Waals surface area contributed by atoms with Gasteiger partial charge < -0.3 is 9.84 Å². The van der Waals surface area contributed by atoms with E-state index >= 15 is 0 Å². The maximum absolute atomic E-state index is 10.6. The molecule has 0 radical (unpaired) electrons. The average Bonchev–Trinajstić information content (AvgIpc) is 2.77. The lowest BCUT2D eigenvalue weighted by Gasteiger charge is -2.31. The van der Waals surface area contributed by atoms with Gasteiger partial charge in [-0.1, -0.05) is 11.3 Å². The lowest BCUT2D eigenvalue weighted by Crippen LogP contribution is -2.42. The van der Waals surface area contributed by atoms with Crippen molar-refractivity contribution in [3.05, 3.63) is 27.1 Å². The van der Waals surface area contributed by atoms with Gasteiger partial charge >= 0.3 is 11.0 Å². The third-order valence-electron chi connectivity index (χ3n) is 2.85. The predicted molar refractivity (Wildman–Crippen MR) is 68.2 cm³/mol. The van der Waals surface area contributed by atoms with Crippen molar-refractivity contribution < 1.29 is 19.6 Å². The van der Waals surface area contributed by atoms with Crippen molar-refractivity contribution in [2.75, 3.05) is 19.7 Å². The Bertz CT molecular complexity index is 475. The molecule has 1 aliphatic heterocycles. The van der Waals surface area contributed by atoms with Gasteiger partial charge in [-0.2, -0.15) is 0 Å². The van der Waals surface area contributed by atoms with Crippen molar-refractivity contribution in [3.8, 4) is 0 Å². The van der Waals surface area contributed by atoms with Gasteiger partial charge in [0.05, 0.1) is 24.1 Å². The van der Waals surface area contributed by atoms with Crippen LogP contribution in [0, 0.1) is 10.1 Å². The smallest absolute Gasteiger partial charge is 0.324 e. The minimum absolute atomic E-state index is 0.0136. The number of carboxylic acids is 1. The molecule has 0 aliphatic carbocycles. The van der Waals surface area contributed by atoms with Gasteiger partial charge in [-0.15, -0.1) is 0 Å². The second kappa shape index (κ2) is 6.09. The van der Waals surface area contributed by atoms with Crippen molar-refractivity contribution in [3.63, 3.8) is 0 Å². The normalized spacial score (nSPS) is 20.3. The van der Waals surface area contributed by atoms with Crippen LogP contribution in [0.25, 0.3) is 0 Å². The summed E-state index contributed by atoms with van der Waals surface area (Å²) in [6, 6.07) is 1.56. The summed E-state index contributed by atoms with van der Waals surface area (Å²) in [6.45, 7) is 2.32. The van der Waals surface area contributed by atoms with Gasteiger partial charge in [0.2, 0.25) is 0 Å². The molecule has 0 bridgehead atoms. The highest BCUT2D eigenvalue weighted by molar-refractivity contribution is 7.13. The summed E-state index contributed by atoms with van der Waals surface area (Å²) in [5, 5.41) is 21.2. The second-order valence-corrected chi connectivity index (χ2v) is 5.27. The number of morpholine rings is 1. The zero-order chi connectivity index (χ0) is 13.8. The summed E-state index contributed by atoms with van der Waals surface area (Å²) < 4.78 is 5.37. The zero-order valence-corrected chi connectivity index (χ0v) is 11.0. The van der Waals surface area contributed by atoms with Crippen LogP contribution in [0.3, 0.4) is 0 Å². The van der Waals surface area contributed by atoms with Crippen LogP contribution in [0.15, 0.2) is 11.4 Å². The van der Waals surface area contributed by atoms with Crippen LogP contribution in [-0.4, -0.2) is 46.7 Å². The molecule has 1 unspecified atom stereocenters. The minimum atomic E-state index is -0.877. The highest BCUT2D eigenvalue weighted by atomic mass is 32.1. The highest BCUT2D eigenvalue weighted by Gasteiger charge is 2.23. The molecule has 0 saturated carbocycles. The van der Waals surface area contributed by atoms with Gasteiger partial charge in [-0.25, -0.2) is 0 Å². The Kier molecular flexibility index (Phi) is 4.46. The molecule has 2 rings (SSSR count). The van der Waals surface area contributed by atoms with Crippen LogP contribution < -0.4 is 0 Å². The molecule has 2 heterocycles. The SMILES string of the molecule is O=C(O)CC1CN(Cc2csc([N+](=O)[O-])c2)CCO1. The topological polar surface area (TPSA) is 92.9 Å².